The van der Waals surface area contributed by atoms with Gasteiger partial charge in [0, 0.05) is 13.1 Å². The van der Waals surface area contributed by atoms with Gasteiger partial charge in [-0.25, -0.2) is 14.2 Å². The van der Waals surface area contributed by atoms with Crippen molar-refractivity contribution in [2.24, 2.45) is 0 Å². The van der Waals surface area contributed by atoms with E-state index in [0.29, 0.717) is 30.2 Å². The highest BCUT2D eigenvalue weighted by Gasteiger charge is 2.38. The topological polar surface area (TPSA) is 138 Å². The molecule has 0 aromatic carbocycles. The van der Waals surface area contributed by atoms with Crippen LogP contribution in [0.2, 0.25) is 10.3 Å². The maximum Gasteiger partial charge on any atom is 0.410 e. The summed E-state index contributed by atoms with van der Waals surface area (Å²) in [6.45, 7) is 7.41. The number of ether oxygens (including phenoxy) is 2. The van der Waals surface area contributed by atoms with Gasteiger partial charge in [0.2, 0.25) is 5.28 Å². The molecule has 3 rings (SSSR count). The lowest BCUT2D eigenvalue weighted by atomic mass is 10.0. The number of hydrogen-bond acceptors (Lipinski definition) is 9. The van der Waals surface area contributed by atoms with Gasteiger partial charge >= 0.3 is 17.7 Å². The normalized spacial score (nSPS) is 18.0. The number of likely N-dealkylation sites (tertiary alicyclic amines) is 1. The van der Waals surface area contributed by atoms with Gasteiger partial charge in [-0.05, 0) is 58.6 Å². The van der Waals surface area contributed by atoms with Crippen LogP contribution in [0.4, 0.5) is 20.7 Å². The van der Waals surface area contributed by atoms with Crippen LogP contribution in [0, 0.1) is 17.0 Å². The molecule has 204 valence electrons. The maximum absolute atomic E-state index is 15.1. The fourth-order valence-electron chi connectivity index (χ4n) is 3.85. The molecule has 2 atom stereocenters. The Kier molecular flexibility index (Phi) is 9.35. The van der Waals surface area contributed by atoms with E-state index in [1.807, 2.05) is 0 Å². The number of hydrogen-bond donors (Lipinski definition) is 1. The minimum atomic E-state index is -1.49. The number of nitrogens with zero attached hydrogens (tertiary/aromatic N) is 6. The summed E-state index contributed by atoms with van der Waals surface area (Å²) in [6, 6.07) is -0.775. The molecule has 1 saturated heterocycles. The van der Waals surface area contributed by atoms with E-state index in [9.17, 15) is 14.9 Å². The molecule has 0 bridgehead atoms. The average molecular weight is 562 g/mol. The largest absolute Gasteiger partial charge is 0.472 e. The van der Waals surface area contributed by atoms with Crippen LogP contribution in [0.5, 0.6) is 5.88 Å². The lowest BCUT2D eigenvalue weighted by Gasteiger charge is -2.35. The minimum absolute atomic E-state index is 0.0690. The molecule has 12 nitrogen and oxygen atoms in total. The number of nitrogens with one attached hydrogen (secondary N) is 1. The third-order valence-corrected chi connectivity index (χ3v) is 6.02. The highest BCUT2D eigenvalue weighted by Crippen LogP contribution is 2.35. The van der Waals surface area contributed by atoms with Crippen LogP contribution in [0.3, 0.4) is 0 Å². The van der Waals surface area contributed by atoms with Crippen LogP contribution < -0.4 is 10.1 Å². The number of aromatic nitrogens is 4. The number of carbonyl (C=O) groups is 1. The molecule has 0 radical (unpaired) electrons. The molecule has 3 heterocycles. The van der Waals surface area contributed by atoms with Gasteiger partial charge in [-0.3, -0.25) is 14.8 Å². The number of anilines is 1. The molecule has 1 amide bonds. The van der Waals surface area contributed by atoms with Crippen molar-refractivity contribution in [3.63, 3.8) is 0 Å². The summed E-state index contributed by atoms with van der Waals surface area (Å²) in [5, 5.41) is 19.4. The Morgan fingerprint density at radius 3 is 2.73 bits per heavy atom. The standard InChI is InChI=1S/C22H30Cl2FN7O5/c1-13-17(32(34)35)19(36-10-6-5-8-26-18-14(23)11-27-20(24)28-18)29-31(13)16-7-9-30(12-15(16)25)21(33)37-22(2,3)4/h11,15-16H,5-10,12H2,1-4H3,(H,26,27,28)/t15-,16-/m1/s1. The molecule has 1 aliphatic heterocycles. The number of carbonyl (C=O) groups excluding carboxylic acids is 1. The van der Waals surface area contributed by atoms with E-state index in [1.165, 1.54) is 22.7 Å². The van der Waals surface area contributed by atoms with Crippen molar-refractivity contribution in [3.8, 4) is 5.88 Å². The van der Waals surface area contributed by atoms with Crippen LogP contribution in [-0.2, 0) is 4.74 Å². The minimum Gasteiger partial charge on any atom is -0.472 e. The Labute approximate surface area is 223 Å². The SMILES string of the molecule is Cc1c([N+](=O)[O-])c(OCCCCNc2nc(Cl)ncc2Cl)nn1[C@@H]1CCN(C(=O)OC(C)(C)C)C[C@H]1F. The molecule has 2 aromatic rings. The van der Waals surface area contributed by atoms with Gasteiger partial charge in [-0.1, -0.05) is 11.6 Å². The van der Waals surface area contributed by atoms with E-state index in [4.69, 9.17) is 32.7 Å². The van der Waals surface area contributed by atoms with Crippen molar-refractivity contribution in [1.29, 1.82) is 0 Å². The third-order valence-electron chi connectivity index (χ3n) is 5.56. The van der Waals surface area contributed by atoms with Gasteiger partial charge in [0.1, 0.15) is 28.3 Å². The average Bonchev–Trinajstić information content (AvgIpc) is 3.13. The highest BCUT2D eigenvalue weighted by atomic mass is 35.5. The first-order chi connectivity index (χ1) is 17.4. The smallest absolute Gasteiger partial charge is 0.410 e. The molecular weight excluding hydrogens is 532 g/mol. The molecule has 37 heavy (non-hydrogen) atoms. The first-order valence-corrected chi connectivity index (χ1v) is 12.5. The van der Waals surface area contributed by atoms with E-state index in [1.54, 1.807) is 20.8 Å². The second kappa shape index (κ2) is 12.1. The van der Waals surface area contributed by atoms with Gasteiger partial charge in [0.05, 0.1) is 30.3 Å². The lowest BCUT2D eigenvalue weighted by Crippen LogP contribution is -2.47. The predicted octanol–water partition coefficient (Wildman–Crippen LogP) is 4.99. The van der Waals surface area contributed by atoms with E-state index < -0.39 is 28.8 Å². The summed E-state index contributed by atoms with van der Waals surface area (Å²) in [5.41, 5.74) is -0.810. The summed E-state index contributed by atoms with van der Waals surface area (Å²) in [6.07, 6.45) is 0.721. The zero-order chi connectivity index (χ0) is 27.3. The second-order valence-corrected chi connectivity index (χ2v) is 10.3. The van der Waals surface area contributed by atoms with Gasteiger partial charge in [0.15, 0.2) is 0 Å². The van der Waals surface area contributed by atoms with Crippen molar-refractivity contribution in [1.82, 2.24) is 24.6 Å². The van der Waals surface area contributed by atoms with Crippen LogP contribution in [0.1, 0.15) is 51.8 Å². The Hall–Kier alpha value is -2.93. The maximum atomic E-state index is 15.1. The Balaban J connectivity index is 1.57. The number of rotatable bonds is 9. The van der Waals surface area contributed by atoms with Crippen molar-refractivity contribution in [2.45, 2.75) is 64.8 Å². The number of halogens is 3. The molecule has 0 unspecified atom stereocenters. The Bertz CT molecular complexity index is 1130. The van der Waals surface area contributed by atoms with Gasteiger partial charge in [-0.2, -0.15) is 4.98 Å². The first-order valence-electron chi connectivity index (χ1n) is 11.8. The van der Waals surface area contributed by atoms with Gasteiger partial charge < -0.3 is 19.7 Å². The summed E-state index contributed by atoms with van der Waals surface area (Å²) in [5.74, 6) is 0.244. The van der Waals surface area contributed by atoms with Crippen LogP contribution in [0.15, 0.2) is 6.20 Å². The van der Waals surface area contributed by atoms with Crippen molar-refractivity contribution in [3.05, 3.63) is 32.3 Å². The molecule has 2 aromatic heterocycles. The van der Waals surface area contributed by atoms with E-state index in [-0.39, 0.29) is 48.7 Å². The number of amides is 1. The van der Waals surface area contributed by atoms with Crippen molar-refractivity contribution in [2.75, 3.05) is 31.6 Å². The number of alkyl halides is 1. The van der Waals surface area contributed by atoms with Crippen LogP contribution in [0.25, 0.3) is 0 Å². The zero-order valence-electron chi connectivity index (χ0n) is 21.0. The zero-order valence-corrected chi connectivity index (χ0v) is 22.6. The van der Waals surface area contributed by atoms with Crippen molar-refractivity contribution >= 4 is 40.8 Å². The number of nitro groups is 1. The quantitative estimate of drug-likeness (QED) is 0.194. The predicted molar refractivity (Wildman–Crippen MR) is 135 cm³/mol. The fourth-order valence-corrected chi connectivity index (χ4v) is 4.14. The molecule has 1 aliphatic rings. The number of piperidine rings is 1. The first kappa shape index (κ1) is 28.6. The molecule has 0 saturated carbocycles. The molecule has 0 aliphatic carbocycles. The third kappa shape index (κ3) is 7.54. The van der Waals surface area contributed by atoms with E-state index in [0.717, 1.165) is 0 Å². The van der Waals surface area contributed by atoms with Crippen LogP contribution >= 0.6 is 23.2 Å². The Morgan fingerprint density at radius 2 is 2.08 bits per heavy atom. The highest BCUT2D eigenvalue weighted by molar-refractivity contribution is 6.33. The fraction of sp³-hybridized carbons (Fsp3) is 0.636. The number of unbranched alkanes of at least 4 members (excludes halogenated alkanes) is 1. The van der Waals surface area contributed by atoms with E-state index >= 15 is 4.39 Å². The Morgan fingerprint density at radius 1 is 1.35 bits per heavy atom. The molecule has 1 N–H and O–H groups in total. The molecule has 0 spiro atoms. The summed E-state index contributed by atoms with van der Waals surface area (Å²) < 4.78 is 27.4. The lowest BCUT2D eigenvalue weighted by molar-refractivity contribution is -0.386. The van der Waals surface area contributed by atoms with Crippen molar-refractivity contribution < 1.29 is 23.6 Å². The second-order valence-electron chi connectivity index (χ2n) is 9.56. The molecule has 15 heteroatoms. The summed E-state index contributed by atoms with van der Waals surface area (Å²) in [7, 11) is 0. The monoisotopic (exact) mass is 561 g/mol. The molecule has 1 fully saturated rings. The summed E-state index contributed by atoms with van der Waals surface area (Å²) in [4.78, 5) is 32.5. The molecular formula is C22H30Cl2FN7O5. The summed E-state index contributed by atoms with van der Waals surface area (Å²) >= 11 is 11.8. The van der Waals surface area contributed by atoms with E-state index in [2.05, 4.69) is 20.4 Å². The van der Waals surface area contributed by atoms with Gasteiger partial charge in [-0.15, -0.1) is 5.10 Å². The van der Waals surface area contributed by atoms with Crippen LogP contribution in [-0.4, -0.2) is 73.7 Å². The van der Waals surface area contributed by atoms with Gasteiger partial charge in [0.25, 0.3) is 0 Å².